The van der Waals surface area contributed by atoms with Crippen molar-refractivity contribution in [2.75, 3.05) is 18.5 Å². The molecule has 0 amide bonds. The summed E-state index contributed by atoms with van der Waals surface area (Å²) in [4.78, 5) is 18.3. The molecular weight excluding hydrogens is 664 g/mol. The van der Waals surface area contributed by atoms with E-state index in [1.165, 1.54) is 6.42 Å². The summed E-state index contributed by atoms with van der Waals surface area (Å²) in [6, 6.07) is 19.9. The molecule has 7 nitrogen and oxygen atoms in total. The first-order valence-corrected chi connectivity index (χ1v) is 20.4. The van der Waals surface area contributed by atoms with E-state index in [9.17, 15) is 4.79 Å². The number of ketones is 1. The molecule has 5 atom stereocenters. The zero-order valence-electron chi connectivity index (χ0n) is 31.9. The number of halogens is 1. The molecule has 1 aliphatic heterocycles. The van der Waals surface area contributed by atoms with Crippen molar-refractivity contribution in [3.8, 4) is 22.8 Å². The highest BCUT2D eigenvalue weighted by Crippen LogP contribution is 2.37. The fourth-order valence-corrected chi connectivity index (χ4v) is 8.81. The number of aromatic nitrogens is 3. The fraction of sp³-hybridized carbons (Fsp3) is 0.556. The number of hydrogen-bond acceptors (Lipinski definition) is 7. The van der Waals surface area contributed by atoms with Gasteiger partial charge in [0.2, 0.25) is 0 Å². The van der Waals surface area contributed by atoms with Crippen molar-refractivity contribution < 1.29 is 18.7 Å². The summed E-state index contributed by atoms with van der Waals surface area (Å²) in [6.07, 6.45) is 11.3. The number of hydrogen-bond donors (Lipinski definition) is 1. The number of alkyl halides is 1. The first-order chi connectivity index (χ1) is 25.8. The van der Waals surface area contributed by atoms with E-state index in [1.54, 1.807) is 0 Å². The Morgan fingerprint density at radius 3 is 2.42 bits per heavy atom. The second-order valence-electron chi connectivity index (χ2n) is 16.4. The number of carbonyl (C=O) groups is 1. The zero-order chi connectivity index (χ0) is 36.7. The van der Waals surface area contributed by atoms with Gasteiger partial charge in [0.25, 0.3) is 0 Å². The summed E-state index contributed by atoms with van der Waals surface area (Å²) in [7, 11) is 0. The lowest BCUT2D eigenvalue weighted by Crippen LogP contribution is -2.31. The van der Waals surface area contributed by atoms with Crippen LogP contribution in [0.3, 0.4) is 0 Å². The summed E-state index contributed by atoms with van der Waals surface area (Å²) in [5.41, 5.74) is 4.53. The van der Waals surface area contributed by atoms with Crippen LogP contribution in [0, 0.1) is 23.7 Å². The highest BCUT2D eigenvalue weighted by molar-refractivity contribution is 5.85. The van der Waals surface area contributed by atoms with E-state index < -0.39 is 6.17 Å². The highest BCUT2D eigenvalue weighted by atomic mass is 19.1. The van der Waals surface area contributed by atoms with Crippen LogP contribution in [0.1, 0.15) is 115 Å². The van der Waals surface area contributed by atoms with E-state index in [1.807, 2.05) is 48.5 Å². The van der Waals surface area contributed by atoms with Gasteiger partial charge in [-0.05, 0) is 129 Å². The third-order valence-electron chi connectivity index (χ3n) is 12.1. The fourth-order valence-electron chi connectivity index (χ4n) is 8.81. The van der Waals surface area contributed by atoms with Crippen LogP contribution >= 0.6 is 0 Å². The number of pyridine rings is 1. The van der Waals surface area contributed by atoms with Gasteiger partial charge in [-0.3, -0.25) is 4.79 Å². The average molecular weight is 721 g/mol. The van der Waals surface area contributed by atoms with Gasteiger partial charge in [-0.1, -0.05) is 52.9 Å². The molecule has 8 heteroatoms. The molecule has 2 aliphatic carbocycles. The molecule has 2 aromatic carbocycles. The topological polar surface area (TPSA) is 86.2 Å². The quantitative estimate of drug-likeness (QED) is 0.172. The van der Waals surface area contributed by atoms with Gasteiger partial charge in [-0.15, -0.1) is 0 Å². The van der Waals surface area contributed by atoms with Crippen LogP contribution in [0.4, 0.5) is 10.2 Å². The molecule has 1 saturated heterocycles. The number of ether oxygens (including phenoxy) is 2. The summed E-state index contributed by atoms with van der Waals surface area (Å²) in [6.45, 7) is 8.10. The predicted octanol–water partition coefficient (Wildman–Crippen LogP) is 11.1. The maximum atomic E-state index is 15.9. The van der Waals surface area contributed by atoms with Crippen LogP contribution in [-0.2, 0) is 16.0 Å². The number of benzene rings is 2. The zero-order valence-corrected chi connectivity index (χ0v) is 31.9. The van der Waals surface area contributed by atoms with Crippen molar-refractivity contribution in [1.82, 2.24) is 15.2 Å². The first kappa shape index (κ1) is 37.4. The van der Waals surface area contributed by atoms with E-state index >= 15 is 4.39 Å². The summed E-state index contributed by atoms with van der Waals surface area (Å²) in [5.74, 6) is 4.42. The second-order valence-corrected chi connectivity index (χ2v) is 16.4. The van der Waals surface area contributed by atoms with Crippen molar-refractivity contribution in [3.63, 3.8) is 0 Å². The monoisotopic (exact) mass is 720 g/mol. The van der Waals surface area contributed by atoms with Crippen molar-refractivity contribution in [2.24, 2.45) is 23.7 Å². The van der Waals surface area contributed by atoms with Crippen molar-refractivity contribution in [1.29, 1.82) is 0 Å². The Kier molecular flexibility index (Phi) is 12.3. The van der Waals surface area contributed by atoms with Gasteiger partial charge in [0.1, 0.15) is 29.3 Å². The van der Waals surface area contributed by atoms with Gasteiger partial charge in [0.05, 0.1) is 22.9 Å². The number of rotatable bonds is 9. The van der Waals surface area contributed by atoms with Crippen molar-refractivity contribution >= 4 is 22.5 Å². The Morgan fingerprint density at radius 2 is 1.64 bits per heavy atom. The Labute approximate surface area is 314 Å². The van der Waals surface area contributed by atoms with E-state index in [4.69, 9.17) is 14.5 Å². The van der Waals surface area contributed by atoms with E-state index in [-0.39, 0.29) is 12.0 Å². The number of nitrogens with zero attached hydrogens (tertiary/aromatic N) is 3. The molecule has 3 heterocycles. The van der Waals surface area contributed by atoms with Gasteiger partial charge >= 0.3 is 0 Å². The minimum Gasteiger partial charge on any atom is -0.457 e. The van der Waals surface area contributed by atoms with Crippen molar-refractivity contribution in [2.45, 2.75) is 122 Å². The Bertz CT molecular complexity index is 1810. The SMILES string of the molecule is CC1CCCC(Cc2cc3ccc(NC4CCCCC(C5CCOCC5)CCC4F)nc3cc2Oc2ccc(-c3ccc(C(C)C)nn3)cc2)C(=O)C1. The van der Waals surface area contributed by atoms with Crippen LogP contribution in [0.15, 0.2) is 60.7 Å². The molecule has 2 aromatic heterocycles. The van der Waals surface area contributed by atoms with Crippen LogP contribution in [0.25, 0.3) is 22.2 Å². The van der Waals surface area contributed by atoms with E-state index in [0.717, 1.165) is 104 Å². The molecule has 2 saturated carbocycles. The lowest BCUT2D eigenvalue weighted by atomic mass is 9.80. The molecule has 53 heavy (non-hydrogen) atoms. The third-order valence-corrected chi connectivity index (χ3v) is 12.1. The number of fused-ring (bicyclic) bond motifs is 1. The lowest BCUT2D eigenvalue weighted by molar-refractivity contribution is -0.123. The number of carbonyl (C=O) groups excluding carboxylic acids is 1. The Morgan fingerprint density at radius 1 is 0.849 bits per heavy atom. The molecule has 0 bridgehead atoms. The maximum Gasteiger partial charge on any atom is 0.136 e. The maximum absolute atomic E-state index is 15.9. The van der Waals surface area contributed by atoms with Gasteiger partial charge in [0.15, 0.2) is 0 Å². The van der Waals surface area contributed by atoms with Gasteiger partial charge in [-0.2, -0.15) is 10.2 Å². The molecular formula is C45H57FN4O3. The minimum absolute atomic E-state index is 0.0284. The summed E-state index contributed by atoms with van der Waals surface area (Å²) in [5, 5.41) is 13.3. The number of nitrogens with one attached hydrogen (secondary N) is 1. The summed E-state index contributed by atoms with van der Waals surface area (Å²) < 4.78 is 28.1. The molecule has 7 rings (SSSR count). The van der Waals surface area contributed by atoms with Crippen LogP contribution in [-0.4, -0.2) is 46.4 Å². The third kappa shape index (κ3) is 9.61. The largest absolute Gasteiger partial charge is 0.457 e. The molecule has 5 unspecified atom stereocenters. The normalized spacial score (nSPS) is 25.0. The van der Waals surface area contributed by atoms with Crippen molar-refractivity contribution in [3.05, 3.63) is 71.9 Å². The molecule has 282 valence electrons. The predicted molar refractivity (Wildman–Crippen MR) is 210 cm³/mol. The van der Waals surface area contributed by atoms with Gasteiger partial charge in [0, 0.05) is 42.6 Å². The van der Waals surface area contributed by atoms with Gasteiger partial charge < -0.3 is 14.8 Å². The summed E-state index contributed by atoms with van der Waals surface area (Å²) >= 11 is 0. The van der Waals surface area contributed by atoms with Crippen LogP contribution in [0.2, 0.25) is 0 Å². The van der Waals surface area contributed by atoms with Gasteiger partial charge in [-0.25, -0.2) is 9.37 Å². The molecule has 3 aliphatic rings. The Hall–Kier alpha value is -3.91. The van der Waals surface area contributed by atoms with Crippen LogP contribution in [0.5, 0.6) is 11.5 Å². The molecule has 4 aromatic rings. The first-order valence-electron chi connectivity index (χ1n) is 20.4. The van der Waals surface area contributed by atoms with Crippen LogP contribution < -0.4 is 10.1 Å². The number of Topliss-reactive ketones (excluding diaryl/α,β-unsaturated/α-hetero) is 1. The average Bonchev–Trinajstić information content (AvgIpc) is 3.26. The minimum atomic E-state index is -0.920. The standard InChI is InChI=1S/C45H57FN4O3/c1-29(2)39-18-19-40(50-49-39)33-11-15-37(16-12-33)53-44-28-42-34(26-36(44)27-35-9-6-7-30(3)25-43(35)51)14-20-45(48-42)47-41-10-5-4-8-31(13-17-38(41)46)32-21-23-52-24-22-32/h11-12,14-16,18-20,26,28-32,35,38,41H,4-10,13,17,21-25,27H2,1-3H3,(H,47,48). The second kappa shape index (κ2) is 17.5. The molecule has 0 spiro atoms. The smallest absolute Gasteiger partial charge is 0.136 e. The number of anilines is 1. The lowest BCUT2D eigenvalue weighted by Gasteiger charge is -2.30. The Balaban J connectivity index is 1.12. The highest BCUT2D eigenvalue weighted by Gasteiger charge is 2.30. The van der Waals surface area contributed by atoms with E-state index in [2.05, 4.69) is 48.4 Å². The molecule has 1 N–H and O–H groups in total. The molecule has 0 radical (unpaired) electrons. The molecule has 3 fully saturated rings. The van der Waals surface area contributed by atoms with E-state index in [0.29, 0.717) is 66.0 Å².